The summed E-state index contributed by atoms with van der Waals surface area (Å²) >= 11 is 0. The van der Waals surface area contributed by atoms with Crippen molar-refractivity contribution < 1.29 is 18.6 Å². The lowest BCUT2D eigenvalue weighted by Gasteiger charge is -2.21. The molecule has 0 amide bonds. The second-order valence-corrected chi connectivity index (χ2v) is 7.08. The van der Waals surface area contributed by atoms with Crippen molar-refractivity contribution >= 4 is 7.67 Å². The Balaban J connectivity index is 1.77. The summed E-state index contributed by atoms with van der Waals surface area (Å²) in [5, 5.41) is 14.6. The zero-order valence-corrected chi connectivity index (χ0v) is 12.5. The third-order valence-electron chi connectivity index (χ3n) is 2.89. The Bertz CT molecular complexity index is 590. The Kier molecular flexibility index (Phi) is 3.62. The molecule has 1 aliphatic rings. The summed E-state index contributed by atoms with van der Waals surface area (Å²) in [6, 6.07) is 0. The second-order valence-electron chi connectivity index (χ2n) is 4.92. The lowest BCUT2D eigenvalue weighted by atomic mass is 10.4. The number of nitrogens with zero attached hydrogens (tertiary/aromatic N) is 6. The molecule has 1 fully saturated rings. The van der Waals surface area contributed by atoms with Gasteiger partial charge in [-0.05, 0) is 13.8 Å². The second kappa shape index (κ2) is 5.30. The van der Waals surface area contributed by atoms with E-state index in [0.717, 1.165) is 0 Å². The monoisotopic (exact) mass is 314 g/mol. The molecule has 0 bridgehead atoms. The Morgan fingerprint density at radius 2 is 1.71 bits per heavy atom. The Labute approximate surface area is 120 Å². The number of hydrogen-bond donors (Lipinski definition) is 0. The molecule has 2 aromatic heterocycles. The van der Waals surface area contributed by atoms with Gasteiger partial charge in [0, 0.05) is 0 Å². The van der Waals surface area contributed by atoms with E-state index >= 15 is 0 Å². The topological polar surface area (TPSA) is 106 Å². The fourth-order valence-electron chi connectivity index (χ4n) is 1.93. The molecule has 1 saturated heterocycles. The Morgan fingerprint density at radius 3 is 2.14 bits per heavy atom. The molecule has 0 spiro atoms. The van der Waals surface area contributed by atoms with Crippen molar-refractivity contribution in [1.82, 2.24) is 29.1 Å². The first-order chi connectivity index (χ1) is 10.00. The largest absolute Gasteiger partial charge is 0.409 e. The summed E-state index contributed by atoms with van der Waals surface area (Å²) in [7, 11) is -3.48. The molecule has 0 radical (unpaired) electrons. The highest BCUT2D eigenvalue weighted by molar-refractivity contribution is 7.55. The quantitative estimate of drug-likeness (QED) is 0.736. The molecule has 3 rings (SSSR count). The van der Waals surface area contributed by atoms with E-state index in [9.17, 15) is 4.57 Å². The molecule has 0 unspecified atom stereocenters. The van der Waals surface area contributed by atoms with Crippen LogP contribution < -0.4 is 0 Å². The van der Waals surface area contributed by atoms with Gasteiger partial charge in [-0.1, -0.05) is 0 Å². The molecule has 2 aromatic rings. The normalized spacial score (nSPS) is 21.7. The van der Waals surface area contributed by atoms with Crippen LogP contribution >= 0.6 is 7.67 Å². The van der Waals surface area contributed by atoms with Gasteiger partial charge < -0.3 is 9.47 Å². The summed E-state index contributed by atoms with van der Waals surface area (Å²) in [6.45, 7) is 4.09. The van der Waals surface area contributed by atoms with Gasteiger partial charge in [-0.3, -0.25) is 4.52 Å². The molecular weight excluding hydrogens is 299 g/mol. The van der Waals surface area contributed by atoms with E-state index < -0.39 is 13.5 Å². The van der Waals surface area contributed by atoms with Crippen LogP contribution in [0.2, 0.25) is 0 Å². The third kappa shape index (κ3) is 2.88. The van der Waals surface area contributed by atoms with Gasteiger partial charge in [0.15, 0.2) is 5.79 Å². The van der Waals surface area contributed by atoms with Crippen LogP contribution in [-0.2, 0) is 18.6 Å². The Hall–Kier alpha value is -1.61. The first kappa shape index (κ1) is 14.3. The third-order valence-corrected chi connectivity index (χ3v) is 4.96. The van der Waals surface area contributed by atoms with Crippen molar-refractivity contribution in [2.24, 2.45) is 0 Å². The van der Waals surface area contributed by atoms with E-state index in [-0.39, 0.29) is 12.7 Å². The van der Waals surface area contributed by atoms with E-state index in [1.54, 1.807) is 0 Å². The number of rotatable bonds is 5. The standard InChI is InChI=1S/C10H15N6O4P/c1-10(2)18-3-9(20-10)4-19-21(17,15-5-11-12-6-15)16-7-13-14-8-16/h5-9H,3-4H2,1-2H3/t9-/m0/s1. The smallest absolute Gasteiger partial charge is 0.348 e. The maximum atomic E-state index is 13.1. The van der Waals surface area contributed by atoms with Gasteiger partial charge in [-0.2, -0.15) is 0 Å². The molecule has 1 atom stereocenters. The molecule has 10 nitrogen and oxygen atoms in total. The molecule has 21 heavy (non-hydrogen) atoms. The number of ether oxygens (including phenoxy) is 2. The summed E-state index contributed by atoms with van der Waals surface area (Å²) in [4.78, 5) is 0. The highest BCUT2D eigenvalue weighted by Gasteiger charge is 2.36. The van der Waals surface area contributed by atoms with Gasteiger partial charge in [0.2, 0.25) is 0 Å². The summed E-state index contributed by atoms with van der Waals surface area (Å²) in [5.74, 6) is -0.662. The first-order valence-electron chi connectivity index (χ1n) is 6.27. The lowest BCUT2D eigenvalue weighted by Crippen LogP contribution is -2.24. The summed E-state index contributed by atoms with van der Waals surface area (Å²) in [5.41, 5.74) is 0. The number of hydrogen-bond acceptors (Lipinski definition) is 8. The number of aromatic nitrogens is 6. The summed E-state index contributed by atoms with van der Waals surface area (Å²) < 4.78 is 32.4. The van der Waals surface area contributed by atoms with Crippen LogP contribution in [0.5, 0.6) is 0 Å². The minimum atomic E-state index is -3.48. The fourth-order valence-corrected chi connectivity index (χ4v) is 3.50. The van der Waals surface area contributed by atoms with Crippen molar-refractivity contribution in [1.29, 1.82) is 0 Å². The lowest BCUT2D eigenvalue weighted by molar-refractivity contribution is -0.141. The van der Waals surface area contributed by atoms with E-state index in [4.69, 9.17) is 14.0 Å². The van der Waals surface area contributed by atoms with Gasteiger partial charge in [0.25, 0.3) is 0 Å². The molecule has 0 aromatic carbocycles. The highest BCUT2D eigenvalue weighted by Crippen LogP contribution is 2.49. The minimum Gasteiger partial charge on any atom is -0.348 e. The van der Waals surface area contributed by atoms with Crippen LogP contribution in [0.15, 0.2) is 25.3 Å². The van der Waals surface area contributed by atoms with Crippen LogP contribution in [0.1, 0.15) is 13.8 Å². The van der Waals surface area contributed by atoms with E-state index in [1.807, 2.05) is 13.8 Å². The molecule has 11 heteroatoms. The molecule has 0 aliphatic carbocycles. The van der Waals surface area contributed by atoms with Gasteiger partial charge in [0.05, 0.1) is 13.2 Å². The van der Waals surface area contributed by atoms with Crippen molar-refractivity contribution in [3.8, 4) is 0 Å². The van der Waals surface area contributed by atoms with Crippen LogP contribution in [-0.4, -0.2) is 54.2 Å². The molecule has 1 aliphatic heterocycles. The predicted molar refractivity (Wildman–Crippen MR) is 69.3 cm³/mol. The minimum absolute atomic E-state index is 0.0943. The molecule has 114 valence electrons. The highest BCUT2D eigenvalue weighted by atomic mass is 31.2. The zero-order chi connectivity index (χ0) is 14.9. The van der Waals surface area contributed by atoms with Crippen molar-refractivity contribution in [2.75, 3.05) is 13.2 Å². The van der Waals surface area contributed by atoms with E-state index in [2.05, 4.69) is 20.4 Å². The zero-order valence-electron chi connectivity index (χ0n) is 11.6. The first-order valence-corrected chi connectivity index (χ1v) is 7.80. The average Bonchev–Trinajstić information content (AvgIpc) is 3.17. The van der Waals surface area contributed by atoms with Crippen LogP contribution in [0, 0.1) is 0 Å². The van der Waals surface area contributed by atoms with E-state index in [0.29, 0.717) is 6.61 Å². The average molecular weight is 314 g/mol. The van der Waals surface area contributed by atoms with Crippen molar-refractivity contribution in [3.63, 3.8) is 0 Å². The van der Waals surface area contributed by atoms with Crippen molar-refractivity contribution in [2.45, 2.75) is 25.7 Å². The molecule has 0 saturated carbocycles. The van der Waals surface area contributed by atoms with Gasteiger partial charge in [-0.25, -0.2) is 13.2 Å². The predicted octanol–water partition coefficient (Wildman–Crippen LogP) is 0.542. The van der Waals surface area contributed by atoms with Crippen LogP contribution in [0.4, 0.5) is 0 Å². The molecule has 3 heterocycles. The maximum absolute atomic E-state index is 13.1. The van der Waals surface area contributed by atoms with Gasteiger partial charge in [0.1, 0.15) is 31.4 Å². The van der Waals surface area contributed by atoms with Gasteiger partial charge >= 0.3 is 7.67 Å². The van der Waals surface area contributed by atoms with Crippen LogP contribution in [0.25, 0.3) is 0 Å². The fraction of sp³-hybridized carbons (Fsp3) is 0.600. The Morgan fingerprint density at radius 1 is 1.19 bits per heavy atom. The van der Waals surface area contributed by atoms with Crippen LogP contribution in [0.3, 0.4) is 0 Å². The SMILES string of the molecule is CC1(C)OC[C@@H](COP(=O)(n2cnnc2)n2cnnc2)O1. The van der Waals surface area contributed by atoms with Gasteiger partial charge in [-0.15, -0.1) is 20.4 Å². The van der Waals surface area contributed by atoms with Crippen molar-refractivity contribution in [3.05, 3.63) is 25.3 Å². The maximum Gasteiger partial charge on any atom is 0.409 e. The van der Waals surface area contributed by atoms with E-state index in [1.165, 1.54) is 34.0 Å². The molecule has 0 N–H and O–H groups in total. The summed E-state index contributed by atoms with van der Waals surface area (Å²) in [6.07, 6.45) is 4.96. The molecular formula is C10H15N6O4P.